The summed E-state index contributed by atoms with van der Waals surface area (Å²) in [5.41, 5.74) is -0.0169. The van der Waals surface area contributed by atoms with Crippen molar-refractivity contribution >= 4 is 5.97 Å². The van der Waals surface area contributed by atoms with Crippen molar-refractivity contribution in [2.75, 3.05) is 0 Å². The second-order valence-corrected chi connectivity index (χ2v) is 5.29. The van der Waals surface area contributed by atoms with Gasteiger partial charge in [-0.1, -0.05) is 12.1 Å². The van der Waals surface area contributed by atoms with Gasteiger partial charge in [0.25, 0.3) is 0 Å². The van der Waals surface area contributed by atoms with Gasteiger partial charge in [0.05, 0.1) is 5.54 Å². The molecule has 0 aliphatic heterocycles. The van der Waals surface area contributed by atoms with E-state index < -0.39 is 11.8 Å². The number of halogens is 1. The van der Waals surface area contributed by atoms with Crippen LogP contribution in [-0.4, -0.2) is 20.9 Å². The highest BCUT2D eigenvalue weighted by atomic mass is 19.1. The number of carbonyl (C=O) groups is 1. The Morgan fingerprint density at radius 3 is 2.47 bits per heavy atom. The molecule has 0 bridgehead atoms. The normalized spacial score (nSPS) is 11.6. The zero-order valence-corrected chi connectivity index (χ0v) is 11.0. The molecule has 0 saturated heterocycles. The van der Waals surface area contributed by atoms with Crippen LogP contribution < -0.4 is 0 Å². The van der Waals surface area contributed by atoms with Crippen molar-refractivity contribution in [2.45, 2.75) is 26.3 Å². The molecule has 5 heteroatoms. The monoisotopic (exact) mass is 262 g/mol. The Hall–Kier alpha value is -2.17. The molecule has 4 nitrogen and oxygen atoms in total. The summed E-state index contributed by atoms with van der Waals surface area (Å²) in [6.07, 6.45) is 1.43. The van der Waals surface area contributed by atoms with Gasteiger partial charge in [-0.25, -0.2) is 9.18 Å². The molecule has 0 amide bonds. The molecule has 0 radical (unpaired) electrons. The van der Waals surface area contributed by atoms with Crippen LogP contribution in [0.3, 0.4) is 0 Å². The van der Waals surface area contributed by atoms with Crippen molar-refractivity contribution in [3.63, 3.8) is 0 Å². The number of carboxylic acids is 1. The number of hydrogen-bond acceptors (Lipinski definition) is 2. The predicted octanol–water partition coefficient (Wildman–Crippen LogP) is 3.14. The van der Waals surface area contributed by atoms with Gasteiger partial charge in [-0.05, 0) is 32.9 Å². The van der Waals surface area contributed by atoms with Gasteiger partial charge in [0.15, 0.2) is 0 Å². The maximum Gasteiger partial charge on any atom is 0.339 e. The first-order valence-electron chi connectivity index (χ1n) is 5.89. The topological polar surface area (TPSA) is 55.1 Å². The van der Waals surface area contributed by atoms with E-state index in [-0.39, 0.29) is 22.4 Å². The summed E-state index contributed by atoms with van der Waals surface area (Å²) >= 11 is 0. The molecule has 0 atom stereocenters. The Balaban J connectivity index is 2.66. The summed E-state index contributed by atoms with van der Waals surface area (Å²) in [7, 11) is 0. The van der Waals surface area contributed by atoms with Crippen molar-refractivity contribution in [1.29, 1.82) is 0 Å². The Kier molecular flexibility index (Phi) is 3.14. The lowest BCUT2D eigenvalue weighted by atomic mass is 10.1. The molecule has 0 saturated carbocycles. The first-order valence-corrected chi connectivity index (χ1v) is 5.89. The number of benzene rings is 1. The van der Waals surface area contributed by atoms with Gasteiger partial charge in [-0.2, -0.15) is 5.10 Å². The minimum absolute atomic E-state index is 0.0000231. The summed E-state index contributed by atoms with van der Waals surface area (Å²) in [6.45, 7) is 5.70. The van der Waals surface area contributed by atoms with Crippen LogP contribution in [0, 0.1) is 5.82 Å². The molecule has 1 aromatic heterocycles. The zero-order valence-electron chi connectivity index (χ0n) is 11.0. The van der Waals surface area contributed by atoms with Gasteiger partial charge < -0.3 is 5.11 Å². The third-order valence-electron chi connectivity index (χ3n) is 2.76. The van der Waals surface area contributed by atoms with Crippen LogP contribution in [0.4, 0.5) is 4.39 Å². The summed E-state index contributed by atoms with van der Waals surface area (Å²) < 4.78 is 15.3. The van der Waals surface area contributed by atoms with Crippen LogP contribution in [0.1, 0.15) is 31.1 Å². The van der Waals surface area contributed by atoms with E-state index in [4.69, 9.17) is 0 Å². The number of aromatic nitrogens is 2. The lowest BCUT2D eigenvalue weighted by molar-refractivity contribution is 0.0697. The third-order valence-corrected chi connectivity index (χ3v) is 2.76. The molecule has 0 aliphatic rings. The molecule has 1 aromatic carbocycles. The number of carboxylic acid groups (broad SMARTS) is 1. The molecule has 0 aliphatic carbocycles. The Labute approximate surface area is 110 Å². The summed E-state index contributed by atoms with van der Waals surface area (Å²) in [4.78, 5) is 11.3. The van der Waals surface area contributed by atoms with Gasteiger partial charge in [-0.3, -0.25) is 4.68 Å². The first-order chi connectivity index (χ1) is 8.80. The highest BCUT2D eigenvalue weighted by Crippen LogP contribution is 2.27. The van der Waals surface area contributed by atoms with Crippen LogP contribution in [-0.2, 0) is 5.54 Å². The minimum Gasteiger partial charge on any atom is -0.478 e. The van der Waals surface area contributed by atoms with Crippen molar-refractivity contribution in [3.05, 3.63) is 41.8 Å². The summed E-state index contributed by atoms with van der Waals surface area (Å²) in [5.74, 6) is -1.60. The van der Waals surface area contributed by atoms with Gasteiger partial charge >= 0.3 is 5.97 Å². The van der Waals surface area contributed by atoms with Crippen LogP contribution >= 0.6 is 0 Å². The molecule has 100 valence electrons. The van der Waals surface area contributed by atoms with Gasteiger partial charge in [0.1, 0.15) is 17.1 Å². The highest BCUT2D eigenvalue weighted by Gasteiger charge is 2.23. The lowest BCUT2D eigenvalue weighted by Crippen LogP contribution is -2.22. The van der Waals surface area contributed by atoms with Gasteiger partial charge in [0.2, 0.25) is 0 Å². The molecule has 1 heterocycles. The molecule has 19 heavy (non-hydrogen) atoms. The fourth-order valence-electron chi connectivity index (χ4n) is 1.73. The van der Waals surface area contributed by atoms with E-state index in [2.05, 4.69) is 5.10 Å². The molecular weight excluding hydrogens is 247 g/mol. The van der Waals surface area contributed by atoms with Crippen molar-refractivity contribution in [1.82, 2.24) is 9.78 Å². The smallest absolute Gasteiger partial charge is 0.339 e. The SMILES string of the molecule is CC(C)(C)n1cc(C(=O)O)c(-c2ccccc2F)n1. The lowest BCUT2D eigenvalue weighted by Gasteiger charge is -2.18. The molecule has 1 N–H and O–H groups in total. The minimum atomic E-state index is -1.12. The number of aromatic carboxylic acids is 1. The largest absolute Gasteiger partial charge is 0.478 e. The third kappa shape index (κ3) is 2.50. The van der Waals surface area contributed by atoms with E-state index in [0.29, 0.717) is 0 Å². The second kappa shape index (κ2) is 4.50. The average molecular weight is 262 g/mol. The number of hydrogen-bond donors (Lipinski definition) is 1. The highest BCUT2D eigenvalue weighted by molar-refractivity contribution is 5.94. The fraction of sp³-hybridized carbons (Fsp3) is 0.286. The van der Waals surface area contributed by atoms with Crippen molar-refractivity contribution in [2.24, 2.45) is 0 Å². The van der Waals surface area contributed by atoms with E-state index in [1.165, 1.54) is 23.0 Å². The summed E-state index contributed by atoms with van der Waals surface area (Å²) in [6, 6.07) is 6.02. The zero-order chi connectivity index (χ0) is 14.2. The Morgan fingerprint density at radius 2 is 1.95 bits per heavy atom. The predicted molar refractivity (Wildman–Crippen MR) is 69.6 cm³/mol. The maximum atomic E-state index is 13.8. The van der Waals surface area contributed by atoms with Crippen molar-refractivity contribution in [3.8, 4) is 11.3 Å². The van der Waals surface area contributed by atoms with Gasteiger partial charge in [0, 0.05) is 11.8 Å². The van der Waals surface area contributed by atoms with E-state index in [9.17, 15) is 14.3 Å². The second-order valence-electron chi connectivity index (χ2n) is 5.29. The average Bonchev–Trinajstić information content (AvgIpc) is 2.74. The van der Waals surface area contributed by atoms with E-state index >= 15 is 0 Å². The molecule has 0 fully saturated rings. The number of rotatable bonds is 2. The Morgan fingerprint density at radius 1 is 1.32 bits per heavy atom. The van der Waals surface area contributed by atoms with Crippen molar-refractivity contribution < 1.29 is 14.3 Å². The van der Waals surface area contributed by atoms with E-state index in [1.54, 1.807) is 12.1 Å². The molecule has 0 unspecified atom stereocenters. The van der Waals surface area contributed by atoms with E-state index in [0.717, 1.165) is 0 Å². The molecule has 2 rings (SSSR count). The van der Waals surface area contributed by atoms with Crippen LogP contribution in [0.15, 0.2) is 30.5 Å². The maximum absolute atomic E-state index is 13.8. The number of nitrogens with zero attached hydrogens (tertiary/aromatic N) is 2. The van der Waals surface area contributed by atoms with Gasteiger partial charge in [-0.15, -0.1) is 0 Å². The quantitative estimate of drug-likeness (QED) is 0.904. The molecule has 2 aromatic rings. The molecule has 0 spiro atoms. The van der Waals surface area contributed by atoms with E-state index in [1.807, 2.05) is 20.8 Å². The first kappa shape index (κ1) is 13.3. The Bertz CT molecular complexity index is 627. The van der Waals surface area contributed by atoms with Crippen LogP contribution in [0.25, 0.3) is 11.3 Å². The van der Waals surface area contributed by atoms with Crippen LogP contribution in [0.2, 0.25) is 0 Å². The fourth-order valence-corrected chi connectivity index (χ4v) is 1.73. The molecular formula is C14H15FN2O2. The standard InChI is InChI=1S/C14H15FN2O2/c1-14(2,3)17-8-10(13(18)19)12(16-17)9-6-4-5-7-11(9)15/h4-8H,1-3H3,(H,18,19). The van der Waals surface area contributed by atoms with Crippen LogP contribution in [0.5, 0.6) is 0 Å². The summed E-state index contributed by atoms with van der Waals surface area (Å²) in [5, 5.41) is 13.5.